The van der Waals surface area contributed by atoms with Gasteiger partial charge in [0.2, 0.25) is 0 Å². The van der Waals surface area contributed by atoms with Gasteiger partial charge in [0, 0.05) is 24.0 Å². The van der Waals surface area contributed by atoms with Crippen LogP contribution in [0.3, 0.4) is 0 Å². The zero-order valence-corrected chi connectivity index (χ0v) is 14.0. The molecule has 0 amide bonds. The summed E-state index contributed by atoms with van der Waals surface area (Å²) in [6.45, 7) is 12.7. The Balaban J connectivity index is 2.10. The Labute approximate surface area is 124 Å². The number of hydrogen-bond acceptors (Lipinski definition) is 1. The van der Waals surface area contributed by atoms with Crippen molar-refractivity contribution in [1.82, 2.24) is 4.57 Å². The van der Waals surface area contributed by atoms with Crippen molar-refractivity contribution in [3.05, 3.63) is 23.0 Å². The normalized spacial score (nSPS) is 21.2. The monoisotopic (exact) mass is 276 g/mol. The lowest BCUT2D eigenvalue weighted by Gasteiger charge is -2.34. The summed E-state index contributed by atoms with van der Waals surface area (Å²) in [5.74, 6) is 0.821. The predicted octanol–water partition coefficient (Wildman–Crippen LogP) is 4.60. The van der Waals surface area contributed by atoms with Gasteiger partial charge in [-0.1, -0.05) is 40.5 Å². The van der Waals surface area contributed by atoms with E-state index >= 15 is 0 Å². The van der Waals surface area contributed by atoms with Gasteiger partial charge in [0.15, 0.2) is 0 Å². The van der Waals surface area contributed by atoms with Crippen LogP contribution in [0.4, 0.5) is 0 Å². The van der Waals surface area contributed by atoms with Crippen molar-refractivity contribution in [1.29, 1.82) is 0 Å². The van der Waals surface area contributed by atoms with Gasteiger partial charge in [0.25, 0.3) is 0 Å². The quantitative estimate of drug-likeness (QED) is 0.783. The van der Waals surface area contributed by atoms with E-state index < -0.39 is 0 Å². The van der Waals surface area contributed by atoms with Crippen LogP contribution >= 0.6 is 0 Å². The highest BCUT2D eigenvalue weighted by Crippen LogP contribution is 2.40. The van der Waals surface area contributed by atoms with E-state index in [4.69, 9.17) is 5.73 Å². The number of aromatic nitrogens is 1. The minimum atomic E-state index is 0.226. The third kappa shape index (κ3) is 3.46. The number of unbranched alkanes of at least 4 members (excludes halogenated alkanes) is 1. The molecule has 1 aromatic heterocycles. The van der Waals surface area contributed by atoms with Gasteiger partial charge in [-0.05, 0) is 49.1 Å². The molecular weight excluding hydrogens is 244 g/mol. The summed E-state index contributed by atoms with van der Waals surface area (Å²) in [4.78, 5) is 0. The van der Waals surface area contributed by atoms with Gasteiger partial charge in [-0.15, -0.1) is 0 Å². The molecule has 0 spiro atoms. The molecule has 1 aromatic rings. The van der Waals surface area contributed by atoms with Gasteiger partial charge >= 0.3 is 0 Å². The van der Waals surface area contributed by atoms with E-state index in [0.29, 0.717) is 5.41 Å². The number of nitrogens with two attached hydrogens (primary N) is 1. The SMILES string of the molecule is Cc1cc2c(n1CCCCC(C)C)CC(C)(C)CC2N. The summed E-state index contributed by atoms with van der Waals surface area (Å²) < 4.78 is 2.54. The lowest BCUT2D eigenvalue weighted by molar-refractivity contribution is 0.274. The van der Waals surface area contributed by atoms with Gasteiger partial charge in [-0.2, -0.15) is 0 Å². The fraction of sp³-hybridized carbons (Fsp3) is 0.778. The molecule has 2 heteroatoms. The van der Waals surface area contributed by atoms with Crippen molar-refractivity contribution in [2.45, 2.75) is 79.3 Å². The second kappa shape index (κ2) is 5.93. The Morgan fingerprint density at radius 3 is 2.70 bits per heavy atom. The van der Waals surface area contributed by atoms with E-state index in [2.05, 4.69) is 45.3 Å². The van der Waals surface area contributed by atoms with Crippen LogP contribution in [-0.4, -0.2) is 4.57 Å². The maximum Gasteiger partial charge on any atom is 0.0318 e. The summed E-state index contributed by atoms with van der Waals surface area (Å²) in [5, 5.41) is 0. The van der Waals surface area contributed by atoms with Crippen LogP contribution in [0.1, 0.15) is 76.4 Å². The molecule has 2 N–H and O–H groups in total. The van der Waals surface area contributed by atoms with Crippen molar-refractivity contribution < 1.29 is 0 Å². The number of nitrogens with zero attached hydrogens (tertiary/aromatic N) is 1. The van der Waals surface area contributed by atoms with Crippen LogP contribution in [0.2, 0.25) is 0 Å². The molecule has 1 unspecified atom stereocenters. The van der Waals surface area contributed by atoms with Crippen molar-refractivity contribution in [2.24, 2.45) is 17.1 Å². The first-order valence-electron chi connectivity index (χ1n) is 8.24. The molecule has 2 rings (SSSR count). The molecule has 0 bridgehead atoms. The number of rotatable bonds is 5. The van der Waals surface area contributed by atoms with Gasteiger partial charge in [-0.3, -0.25) is 0 Å². The second-order valence-electron chi connectivity index (χ2n) is 7.88. The minimum absolute atomic E-state index is 0.226. The fourth-order valence-corrected chi connectivity index (χ4v) is 3.64. The summed E-state index contributed by atoms with van der Waals surface area (Å²) in [7, 11) is 0. The van der Waals surface area contributed by atoms with Gasteiger partial charge in [0.05, 0.1) is 0 Å². The highest BCUT2D eigenvalue weighted by atomic mass is 15.0. The third-order valence-corrected chi connectivity index (χ3v) is 4.68. The highest BCUT2D eigenvalue weighted by molar-refractivity contribution is 5.34. The molecular formula is C18H32N2. The zero-order valence-electron chi connectivity index (χ0n) is 14.0. The van der Waals surface area contributed by atoms with Crippen molar-refractivity contribution in [3.8, 4) is 0 Å². The molecule has 0 saturated carbocycles. The Bertz CT molecular complexity index is 454. The van der Waals surface area contributed by atoms with E-state index in [0.717, 1.165) is 18.9 Å². The number of fused-ring (bicyclic) bond motifs is 1. The van der Waals surface area contributed by atoms with E-state index in [1.54, 1.807) is 0 Å². The van der Waals surface area contributed by atoms with E-state index in [1.165, 1.54) is 42.6 Å². The smallest absolute Gasteiger partial charge is 0.0318 e. The summed E-state index contributed by atoms with van der Waals surface area (Å²) >= 11 is 0. The van der Waals surface area contributed by atoms with Crippen LogP contribution in [0, 0.1) is 18.3 Å². The molecule has 0 aliphatic heterocycles. The van der Waals surface area contributed by atoms with Gasteiger partial charge in [0.1, 0.15) is 0 Å². The van der Waals surface area contributed by atoms with Crippen molar-refractivity contribution in [2.75, 3.05) is 0 Å². The second-order valence-corrected chi connectivity index (χ2v) is 7.88. The first-order valence-corrected chi connectivity index (χ1v) is 8.24. The maximum absolute atomic E-state index is 6.39. The molecule has 1 aliphatic rings. The van der Waals surface area contributed by atoms with Gasteiger partial charge in [-0.25, -0.2) is 0 Å². The molecule has 1 heterocycles. The summed E-state index contributed by atoms with van der Waals surface area (Å²) in [6.07, 6.45) is 6.24. The summed E-state index contributed by atoms with van der Waals surface area (Å²) in [6, 6.07) is 2.56. The van der Waals surface area contributed by atoms with Crippen LogP contribution in [-0.2, 0) is 13.0 Å². The third-order valence-electron chi connectivity index (χ3n) is 4.68. The Morgan fingerprint density at radius 1 is 1.35 bits per heavy atom. The van der Waals surface area contributed by atoms with E-state index in [-0.39, 0.29) is 6.04 Å². The predicted molar refractivity (Wildman–Crippen MR) is 86.9 cm³/mol. The molecule has 0 aromatic carbocycles. The molecule has 1 atom stereocenters. The molecule has 20 heavy (non-hydrogen) atoms. The molecule has 0 saturated heterocycles. The Morgan fingerprint density at radius 2 is 2.05 bits per heavy atom. The highest BCUT2D eigenvalue weighted by Gasteiger charge is 2.33. The van der Waals surface area contributed by atoms with E-state index in [9.17, 15) is 0 Å². The first-order chi connectivity index (χ1) is 9.30. The zero-order chi connectivity index (χ0) is 14.9. The minimum Gasteiger partial charge on any atom is -0.349 e. The topological polar surface area (TPSA) is 30.9 Å². The van der Waals surface area contributed by atoms with Crippen molar-refractivity contribution >= 4 is 0 Å². The maximum atomic E-state index is 6.39. The lowest BCUT2D eigenvalue weighted by Crippen LogP contribution is -2.30. The summed E-state index contributed by atoms with van der Waals surface area (Å²) in [5.41, 5.74) is 11.0. The van der Waals surface area contributed by atoms with Crippen LogP contribution < -0.4 is 5.73 Å². The first kappa shape index (κ1) is 15.6. The Kier molecular flexibility index (Phi) is 4.63. The fourth-order valence-electron chi connectivity index (χ4n) is 3.64. The molecule has 0 radical (unpaired) electrons. The molecule has 0 fully saturated rings. The standard InChI is InChI=1S/C18H32N2/c1-13(2)8-6-7-9-20-14(3)10-15-16(19)11-18(4,5)12-17(15)20/h10,13,16H,6-9,11-12,19H2,1-5H3. The molecule has 1 aliphatic carbocycles. The largest absolute Gasteiger partial charge is 0.349 e. The Hall–Kier alpha value is -0.760. The number of aryl methyl sites for hydroxylation is 1. The van der Waals surface area contributed by atoms with Crippen molar-refractivity contribution in [3.63, 3.8) is 0 Å². The average Bonchev–Trinajstić information content (AvgIpc) is 2.60. The number of hydrogen-bond donors (Lipinski definition) is 1. The average molecular weight is 276 g/mol. The van der Waals surface area contributed by atoms with Crippen LogP contribution in [0.25, 0.3) is 0 Å². The van der Waals surface area contributed by atoms with Crippen LogP contribution in [0.5, 0.6) is 0 Å². The van der Waals surface area contributed by atoms with Gasteiger partial charge < -0.3 is 10.3 Å². The van der Waals surface area contributed by atoms with E-state index in [1.807, 2.05) is 0 Å². The molecule has 114 valence electrons. The molecule has 2 nitrogen and oxygen atoms in total. The lowest BCUT2D eigenvalue weighted by atomic mass is 9.74. The van der Waals surface area contributed by atoms with Crippen LogP contribution in [0.15, 0.2) is 6.07 Å².